The SMILES string of the molecule is CC(OC(=O)C(C)OC(=O)C(C)OC(=O)[C@H]1O[C@@H](O)[C@H](O)[C@@H](O)[C@@H]1O)C(=O)OCc1ccnc(-c2cc(COC(=O)C(C)OC(=O)C(C)OC(=O)C(C)OC(=O)[C@@H]3O[C@H](O)[C@@H](O)[C@H](O)[C@H]3O)ccn2)c1. The maximum atomic E-state index is 12.7. The number of rotatable bonds is 19. The highest BCUT2D eigenvalue weighted by molar-refractivity contribution is 5.86. The number of carbonyl (C=O) groups excluding carboxylic acids is 8. The van der Waals surface area contributed by atoms with Crippen molar-refractivity contribution < 1.29 is 127 Å². The Balaban J connectivity index is 1.19. The summed E-state index contributed by atoms with van der Waals surface area (Å²) in [5.41, 5.74) is 1.41. The van der Waals surface area contributed by atoms with Crippen molar-refractivity contribution in [2.24, 2.45) is 0 Å². The first-order valence-corrected chi connectivity index (χ1v) is 21.0. The molecular formula is C42H52N2O26. The molecule has 4 rings (SSSR count). The summed E-state index contributed by atoms with van der Waals surface area (Å²) in [7, 11) is 0. The highest BCUT2D eigenvalue weighted by Crippen LogP contribution is 2.24. The number of carbonyl (C=O) groups is 8. The number of aromatic nitrogens is 2. The minimum atomic E-state index is -2.05. The van der Waals surface area contributed by atoms with Gasteiger partial charge in [-0.3, -0.25) is 9.97 Å². The number of pyridine rings is 2. The number of esters is 8. The van der Waals surface area contributed by atoms with Crippen LogP contribution in [0.15, 0.2) is 36.7 Å². The van der Waals surface area contributed by atoms with Gasteiger partial charge in [-0.1, -0.05) is 0 Å². The van der Waals surface area contributed by atoms with Crippen LogP contribution in [-0.2, 0) is 98.9 Å². The molecule has 0 spiro atoms. The van der Waals surface area contributed by atoms with Gasteiger partial charge in [0.05, 0.1) is 11.4 Å². The van der Waals surface area contributed by atoms with Gasteiger partial charge in [-0.05, 0) is 76.9 Å². The van der Waals surface area contributed by atoms with Crippen molar-refractivity contribution in [1.29, 1.82) is 0 Å². The van der Waals surface area contributed by atoms with E-state index in [1.165, 1.54) is 50.5 Å². The number of nitrogens with zero attached hydrogens (tertiary/aromatic N) is 2. The Morgan fingerprint density at radius 1 is 0.443 bits per heavy atom. The fraction of sp³-hybridized carbons (Fsp3) is 0.571. The van der Waals surface area contributed by atoms with Gasteiger partial charge in [-0.25, -0.2) is 38.4 Å². The van der Waals surface area contributed by atoms with Crippen LogP contribution in [0.25, 0.3) is 11.4 Å². The summed E-state index contributed by atoms with van der Waals surface area (Å²) >= 11 is 0. The minimum Gasteiger partial charge on any atom is -0.458 e. The maximum Gasteiger partial charge on any atom is 0.347 e. The number of hydrogen-bond acceptors (Lipinski definition) is 28. The molecular weight excluding hydrogens is 948 g/mol. The molecule has 2 aromatic rings. The monoisotopic (exact) mass is 1000 g/mol. The van der Waals surface area contributed by atoms with Crippen molar-refractivity contribution in [1.82, 2.24) is 9.97 Å². The third kappa shape index (κ3) is 14.8. The quantitative estimate of drug-likeness (QED) is 0.0485. The van der Waals surface area contributed by atoms with E-state index in [4.69, 9.17) is 47.4 Å². The van der Waals surface area contributed by atoms with E-state index in [2.05, 4.69) is 9.97 Å². The fourth-order valence-corrected chi connectivity index (χ4v) is 5.92. The summed E-state index contributed by atoms with van der Waals surface area (Å²) in [6.45, 7) is 5.97. The number of aliphatic hydroxyl groups excluding tert-OH is 8. The molecule has 28 heteroatoms. The topological polar surface area (TPSA) is 416 Å². The summed E-state index contributed by atoms with van der Waals surface area (Å²) in [6, 6.07) is 6.06. The highest BCUT2D eigenvalue weighted by atomic mass is 16.7. The first-order valence-electron chi connectivity index (χ1n) is 21.0. The van der Waals surface area contributed by atoms with Crippen molar-refractivity contribution in [3.05, 3.63) is 47.8 Å². The van der Waals surface area contributed by atoms with E-state index < -0.39 is 146 Å². The molecule has 6 unspecified atom stereocenters. The van der Waals surface area contributed by atoms with E-state index >= 15 is 0 Å². The van der Waals surface area contributed by atoms with Crippen LogP contribution in [0, 0.1) is 0 Å². The molecule has 0 aromatic carbocycles. The second kappa shape index (κ2) is 25.0. The summed E-state index contributed by atoms with van der Waals surface area (Å²) in [5, 5.41) is 77.9. The maximum absolute atomic E-state index is 12.7. The number of ether oxygens (including phenoxy) is 10. The summed E-state index contributed by atoms with van der Waals surface area (Å²) in [6.07, 6.45) is -26.8. The van der Waals surface area contributed by atoms with Gasteiger partial charge in [0.2, 0.25) is 0 Å². The van der Waals surface area contributed by atoms with Crippen LogP contribution < -0.4 is 0 Å². The third-order valence-corrected chi connectivity index (χ3v) is 10.1. The molecule has 70 heavy (non-hydrogen) atoms. The lowest BCUT2D eigenvalue weighted by atomic mass is 9.99. The summed E-state index contributed by atoms with van der Waals surface area (Å²) in [4.78, 5) is 109. The van der Waals surface area contributed by atoms with Gasteiger partial charge in [0.1, 0.15) is 49.8 Å². The first kappa shape index (κ1) is 56.2. The number of aliphatic hydroxyl groups is 8. The molecule has 2 fully saturated rings. The van der Waals surface area contributed by atoms with Gasteiger partial charge >= 0.3 is 47.8 Å². The van der Waals surface area contributed by atoms with Crippen LogP contribution in [0.4, 0.5) is 0 Å². The van der Waals surface area contributed by atoms with E-state index in [0.29, 0.717) is 22.5 Å². The Morgan fingerprint density at radius 2 is 0.729 bits per heavy atom. The van der Waals surface area contributed by atoms with Gasteiger partial charge in [0, 0.05) is 12.4 Å². The second-order valence-electron chi connectivity index (χ2n) is 15.6. The fourth-order valence-electron chi connectivity index (χ4n) is 5.92. The Labute approximate surface area is 395 Å². The predicted octanol–water partition coefficient (Wildman–Crippen LogP) is -4.58. The van der Waals surface area contributed by atoms with Crippen LogP contribution in [0.1, 0.15) is 52.7 Å². The zero-order chi connectivity index (χ0) is 52.3. The molecule has 28 nitrogen and oxygen atoms in total. The Hall–Kier alpha value is -6.34. The lowest BCUT2D eigenvalue weighted by Crippen LogP contribution is -2.60. The van der Waals surface area contributed by atoms with Crippen LogP contribution in [0.2, 0.25) is 0 Å². The Morgan fingerprint density at radius 3 is 1.04 bits per heavy atom. The molecule has 4 heterocycles. The predicted molar refractivity (Wildman–Crippen MR) is 218 cm³/mol. The van der Waals surface area contributed by atoms with Gasteiger partial charge in [0.15, 0.2) is 61.4 Å². The normalized spacial score (nSPS) is 26.8. The molecule has 2 aliphatic heterocycles. The Bertz CT molecular complexity index is 2060. The molecule has 8 N–H and O–H groups in total. The van der Waals surface area contributed by atoms with E-state index in [1.807, 2.05) is 0 Å². The molecule has 0 radical (unpaired) electrons. The molecule has 0 saturated carbocycles. The third-order valence-electron chi connectivity index (χ3n) is 10.1. The van der Waals surface area contributed by atoms with Crippen molar-refractivity contribution in [3.8, 4) is 11.4 Å². The largest absolute Gasteiger partial charge is 0.458 e. The highest BCUT2D eigenvalue weighted by Gasteiger charge is 2.49. The molecule has 0 bridgehead atoms. The first-order chi connectivity index (χ1) is 32.8. The lowest BCUT2D eigenvalue weighted by Gasteiger charge is -2.37. The van der Waals surface area contributed by atoms with Crippen molar-refractivity contribution in [2.45, 2.75) is 153 Å². The molecule has 386 valence electrons. The van der Waals surface area contributed by atoms with Gasteiger partial charge in [0.25, 0.3) is 0 Å². The molecule has 16 atom stereocenters. The van der Waals surface area contributed by atoms with Crippen LogP contribution >= 0.6 is 0 Å². The average molecular weight is 1000 g/mol. The number of hydrogen-bond donors (Lipinski definition) is 8. The standard InChI is InChI=1S/C42H52N2O26/c1-15(63-35(53)17(3)65-37(55)19(5)67-41(59)31-27(47)25(45)29(49)39(57)69-31)33(51)61-13-21-7-9-43-23(11-21)24-12-22(8-10-44-24)14-62-34(52)16(2)64-36(54)18(4)66-38(56)20(6)68-42(60)32-28(48)26(46)30(50)40(58)70-32/h7-12,15-20,25-32,39-40,45-50,57-58H,13-14H2,1-6H3/t15?,16?,17?,18?,19?,20?,25-,26+,27-,28+,29+,30-,31-,32+,39+,40-. The van der Waals surface area contributed by atoms with Crippen molar-refractivity contribution >= 4 is 47.8 Å². The van der Waals surface area contributed by atoms with Crippen molar-refractivity contribution in [3.63, 3.8) is 0 Å². The van der Waals surface area contributed by atoms with E-state index in [0.717, 1.165) is 27.7 Å². The molecule has 2 saturated heterocycles. The van der Waals surface area contributed by atoms with Crippen LogP contribution in [0.3, 0.4) is 0 Å². The van der Waals surface area contributed by atoms with Gasteiger partial charge in [-0.15, -0.1) is 0 Å². The molecule has 2 aliphatic rings. The molecule has 0 aliphatic carbocycles. The summed E-state index contributed by atoms with van der Waals surface area (Å²) < 4.78 is 49.7. The van der Waals surface area contributed by atoms with Gasteiger partial charge < -0.3 is 88.2 Å². The zero-order valence-corrected chi connectivity index (χ0v) is 37.9. The molecule has 0 amide bonds. The molecule has 2 aromatic heterocycles. The van der Waals surface area contributed by atoms with E-state index in [1.54, 1.807) is 0 Å². The minimum absolute atomic E-state index is 0.292. The van der Waals surface area contributed by atoms with Crippen molar-refractivity contribution in [2.75, 3.05) is 0 Å². The van der Waals surface area contributed by atoms with Crippen LogP contribution in [-0.4, -0.2) is 197 Å². The van der Waals surface area contributed by atoms with E-state index in [9.17, 15) is 79.2 Å². The van der Waals surface area contributed by atoms with E-state index in [-0.39, 0.29) is 13.2 Å². The lowest BCUT2D eigenvalue weighted by molar-refractivity contribution is -0.281. The summed E-state index contributed by atoms with van der Waals surface area (Å²) in [5.74, 6) is -9.71. The average Bonchev–Trinajstić information content (AvgIpc) is 3.32. The Kier molecular flexibility index (Phi) is 20.1. The zero-order valence-electron chi connectivity index (χ0n) is 37.9. The smallest absolute Gasteiger partial charge is 0.347 e. The second-order valence-corrected chi connectivity index (χ2v) is 15.6. The van der Waals surface area contributed by atoms with Gasteiger partial charge in [-0.2, -0.15) is 0 Å². The van der Waals surface area contributed by atoms with Crippen LogP contribution in [0.5, 0.6) is 0 Å².